The minimum atomic E-state index is -3.06. The van der Waals surface area contributed by atoms with Gasteiger partial charge < -0.3 is 10.8 Å². The smallest absolute Gasteiger partial charge is 0.151 e. The molecule has 2 rings (SSSR count). The van der Waals surface area contributed by atoms with E-state index in [2.05, 4.69) is 4.98 Å². The molecule has 0 aromatic carbocycles. The van der Waals surface area contributed by atoms with E-state index in [0.717, 1.165) is 0 Å². The molecule has 16 heavy (non-hydrogen) atoms. The number of aliphatic hydroxyl groups is 1. The Balaban J connectivity index is 2.30. The van der Waals surface area contributed by atoms with E-state index >= 15 is 0 Å². The van der Waals surface area contributed by atoms with Crippen molar-refractivity contribution in [2.45, 2.75) is 12.5 Å². The lowest BCUT2D eigenvalue weighted by Gasteiger charge is -2.30. The van der Waals surface area contributed by atoms with Gasteiger partial charge in [-0.15, -0.1) is 11.3 Å². The van der Waals surface area contributed by atoms with Crippen molar-refractivity contribution >= 4 is 21.2 Å². The summed E-state index contributed by atoms with van der Waals surface area (Å²) in [4.78, 5) is 4.57. The van der Waals surface area contributed by atoms with Crippen LogP contribution in [0.2, 0.25) is 0 Å². The van der Waals surface area contributed by atoms with E-state index in [4.69, 9.17) is 5.73 Å². The Hall–Kier alpha value is -0.500. The third-order valence-corrected chi connectivity index (χ3v) is 5.79. The Morgan fingerprint density at radius 2 is 2.44 bits per heavy atom. The van der Waals surface area contributed by atoms with Crippen LogP contribution in [-0.2, 0) is 9.84 Å². The summed E-state index contributed by atoms with van der Waals surface area (Å²) in [5.74, 6) is 0.0790. The van der Waals surface area contributed by atoms with Gasteiger partial charge >= 0.3 is 0 Å². The monoisotopic (exact) mass is 262 g/mol. The number of aromatic nitrogens is 1. The summed E-state index contributed by atoms with van der Waals surface area (Å²) < 4.78 is 23.0. The van der Waals surface area contributed by atoms with Gasteiger partial charge in [0.2, 0.25) is 0 Å². The molecule has 2 unspecified atom stereocenters. The van der Waals surface area contributed by atoms with Crippen molar-refractivity contribution in [1.82, 2.24) is 4.98 Å². The average molecular weight is 262 g/mol. The van der Waals surface area contributed by atoms with Crippen LogP contribution in [0, 0.1) is 5.41 Å². The number of hydrogen-bond acceptors (Lipinski definition) is 6. The Labute approximate surface area is 98.2 Å². The number of hydrogen-bond donors (Lipinski definition) is 2. The molecule has 1 aliphatic heterocycles. The lowest BCUT2D eigenvalue weighted by atomic mass is 9.81. The molecule has 7 heteroatoms. The molecule has 1 saturated heterocycles. The molecule has 1 aliphatic rings. The molecular formula is C9H14N2O3S2. The van der Waals surface area contributed by atoms with Crippen LogP contribution < -0.4 is 5.73 Å². The molecule has 0 aliphatic carbocycles. The Kier molecular flexibility index (Phi) is 3.04. The second-order valence-corrected chi connectivity index (χ2v) is 7.32. The lowest BCUT2D eigenvalue weighted by molar-refractivity contribution is 0.0500. The van der Waals surface area contributed by atoms with E-state index in [1.165, 1.54) is 11.3 Å². The first-order chi connectivity index (χ1) is 7.49. The van der Waals surface area contributed by atoms with Crippen LogP contribution >= 0.6 is 11.3 Å². The molecule has 5 nitrogen and oxygen atoms in total. The largest absolute Gasteiger partial charge is 0.387 e. The normalized spacial score (nSPS) is 30.4. The van der Waals surface area contributed by atoms with E-state index in [1.54, 1.807) is 11.7 Å². The van der Waals surface area contributed by atoms with E-state index in [-0.39, 0.29) is 18.1 Å². The molecule has 3 N–H and O–H groups in total. The van der Waals surface area contributed by atoms with Gasteiger partial charge in [-0.1, -0.05) is 0 Å². The zero-order valence-electron chi connectivity index (χ0n) is 8.67. The summed E-state index contributed by atoms with van der Waals surface area (Å²) in [7, 11) is -3.06. The Bertz CT molecular complexity index is 457. The van der Waals surface area contributed by atoms with Crippen molar-refractivity contribution < 1.29 is 13.5 Å². The Morgan fingerprint density at radius 1 is 1.69 bits per heavy atom. The highest BCUT2D eigenvalue weighted by Crippen LogP contribution is 2.43. The molecule has 90 valence electrons. The van der Waals surface area contributed by atoms with Crippen molar-refractivity contribution in [3.8, 4) is 0 Å². The maximum absolute atomic E-state index is 11.5. The van der Waals surface area contributed by atoms with Crippen molar-refractivity contribution in [2.75, 3.05) is 18.1 Å². The maximum Gasteiger partial charge on any atom is 0.151 e. The molecule has 1 fully saturated rings. The van der Waals surface area contributed by atoms with Crippen molar-refractivity contribution in [3.63, 3.8) is 0 Å². The molecule has 0 bridgehead atoms. The quantitative estimate of drug-likeness (QED) is 0.796. The van der Waals surface area contributed by atoms with Gasteiger partial charge in [-0.2, -0.15) is 0 Å². The van der Waals surface area contributed by atoms with Gasteiger partial charge in [-0.3, -0.25) is 4.98 Å². The van der Waals surface area contributed by atoms with Gasteiger partial charge in [-0.25, -0.2) is 8.42 Å². The number of rotatable bonds is 3. The van der Waals surface area contributed by atoms with Crippen LogP contribution in [-0.4, -0.2) is 36.6 Å². The first-order valence-corrected chi connectivity index (χ1v) is 7.66. The summed E-state index contributed by atoms with van der Waals surface area (Å²) in [6.45, 7) is 0.172. The summed E-state index contributed by atoms with van der Waals surface area (Å²) in [5, 5.41) is 10.2. The molecule has 2 atom stereocenters. The molecule has 0 amide bonds. The summed E-state index contributed by atoms with van der Waals surface area (Å²) in [6, 6.07) is 0. The number of nitrogens with zero attached hydrogens (tertiary/aromatic N) is 1. The van der Waals surface area contributed by atoms with Crippen LogP contribution in [0.15, 0.2) is 11.7 Å². The van der Waals surface area contributed by atoms with Gasteiger partial charge in [0.1, 0.15) is 0 Å². The van der Waals surface area contributed by atoms with Gasteiger partial charge in [0, 0.05) is 18.2 Å². The molecular weight excluding hydrogens is 248 g/mol. The zero-order valence-corrected chi connectivity index (χ0v) is 10.3. The summed E-state index contributed by atoms with van der Waals surface area (Å²) >= 11 is 1.32. The van der Waals surface area contributed by atoms with Crippen molar-refractivity contribution in [3.05, 3.63) is 16.6 Å². The fourth-order valence-corrected chi connectivity index (χ4v) is 4.99. The number of aliphatic hydroxyl groups excluding tert-OH is 1. The van der Waals surface area contributed by atoms with Crippen LogP contribution in [0.1, 0.15) is 17.4 Å². The van der Waals surface area contributed by atoms with Crippen LogP contribution in [0.3, 0.4) is 0 Å². The maximum atomic E-state index is 11.5. The molecule has 1 aromatic rings. The average Bonchev–Trinajstić information content (AvgIpc) is 2.85. The second-order valence-electron chi connectivity index (χ2n) is 4.21. The Morgan fingerprint density at radius 3 is 2.88 bits per heavy atom. The van der Waals surface area contributed by atoms with E-state index in [1.807, 2.05) is 0 Å². The predicted octanol–water partition coefficient (Wildman–Crippen LogP) is -0.0599. The summed E-state index contributed by atoms with van der Waals surface area (Å²) in [6.07, 6.45) is 1.16. The number of nitrogens with two attached hydrogens (primary N) is 1. The van der Waals surface area contributed by atoms with E-state index < -0.39 is 21.4 Å². The zero-order chi connectivity index (χ0) is 11.8. The van der Waals surface area contributed by atoms with Crippen molar-refractivity contribution in [1.29, 1.82) is 0 Å². The van der Waals surface area contributed by atoms with Crippen LogP contribution in [0.4, 0.5) is 0 Å². The minimum Gasteiger partial charge on any atom is -0.387 e. The molecule has 0 saturated carbocycles. The summed E-state index contributed by atoms with van der Waals surface area (Å²) in [5.41, 5.74) is 6.54. The van der Waals surface area contributed by atoms with Gasteiger partial charge in [0.05, 0.1) is 28.0 Å². The van der Waals surface area contributed by atoms with E-state index in [0.29, 0.717) is 11.3 Å². The van der Waals surface area contributed by atoms with E-state index in [9.17, 15) is 13.5 Å². The van der Waals surface area contributed by atoms with Crippen molar-refractivity contribution in [2.24, 2.45) is 11.1 Å². The highest BCUT2D eigenvalue weighted by atomic mass is 32.2. The second kappa shape index (κ2) is 4.06. The minimum absolute atomic E-state index is 0.0322. The third-order valence-electron chi connectivity index (χ3n) is 3.13. The topological polar surface area (TPSA) is 93.3 Å². The third kappa shape index (κ3) is 2.00. The fourth-order valence-electron chi connectivity index (χ4n) is 2.09. The highest BCUT2D eigenvalue weighted by Gasteiger charge is 2.47. The molecule has 1 aromatic heterocycles. The first-order valence-electron chi connectivity index (χ1n) is 4.96. The highest BCUT2D eigenvalue weighted by molar-refractivity contribution is 7.91. The predicted molar refractivity (Wildman–Crippen MR) is 61.8 cm³/mol. The van der Waals surface area contributed by atoms with Crippen LogP contribution in [0.5, 0.6) is 0 Å². The number of thiazole rings is 1. The van der Waals surface area contributed by atoms with Gasteiger partial charge in [-0.05, 0) is 6.42 Å². The standard InChI is InChI=1S/C9H14N2O3S2/c10-4-9(1-2-16(13,14)5-9)8(12)7-3-11-6-15-7/h3,6,8,12H,1-2,4-5,10H2. The SMILES string of the molecule is NCC1(C(O)c2cncs2)CCS(=O)(=O)C1. The fraction of sp³-hybridized carbons (Fsp3) is 0.667. The first kappa shape index (κ1) is 12.0. The lowest BCUT2D eigenvalue weighted by Crippen LogP contribution is -2.37. The molecule has 2 heterocycles. The number of sulfone groups is 1. The van der Waals surface area contributed by atoms with Gasteiger partial charge in [0.15, 0.2) is 9.84 Å². The molecule has 0 radical (unpaired) electrons. The van der Waals surface area contributed by atoms with Crippen LogP contribution in [0.25, 0.3) is 0 Å². The molecule has 0 spiro atoms. The van der Waals surface area contributed by atoms with Gasteiger partial charge in [0.25, 0.3) is 0 Å².